The van der Waals surface area contributed by atoms with Crippen LogP contribution in [0, 0.1) is 12.3 Å². The minimum atomic E-state index is -0.0376. The fourth-order valence-corrected chi connectivity index (χ4v) is 1.39. The third-order valence-electron chi connectivity index (χ3n) is 2.40. The van der Waals surface area contributed by atoms with E-state index in [9.17, 15) is 0 Å². The molecule has 0 bridgehead atoms. The number of rotatable bonds is 8. The summed E-state index contributed by atoms with van der Waals surface area (Å²) in [5.41, 5.74) is 6.82. The van der Waals surface area contributed by atoms with Gasteiger partial charge in [0.05, 0.1) is 12.2 Å². The van der Waals surface area contributed by atoms with Gasteiger partial charge in [-0.15, -0.1) is 0 Å². The summed E-state index contributed by atoms with van der Waals surface area (Å²) < 4.78 is 10.9. The Kier molecular flexibility index (Phi) is 6.14. The van der Waals surface area contributed by atoms with Crippen LogP contribution in [-0.4, -0.2) is 30.6 Å². The summed E-state index contributed by atoms with van der Waals surface area (Å²) in [6.07, 6.45) is 2.18. The average molecular weight is 251 g/mol. The Hall–Kier alpha value is -1.62. The van der Waals surface area contributed by atoms with Crippen LogP contribution in [-0.2, 0) is 4.74 Å². The number of hydrogen-bond donors (Lipinski definition) is 2. The predicted octanol–water partition coefficient (Wildman–Crippen LogP) is 1.87. The van der Waals surface area contributed by atoms with Gasteiger partial charge in [-0.05, 0) is 25.5 Å². The van der Waals surface area contributed by atoms with Gasteiger partial charge >= 0.3 is 0 Å². The molecule has 0 atom stereocenters. The lowest BCUT2D eigenvalue weighted by Gasteiger charge is -2.10. The van der Waals surface area contributed by atoms with Crippen molar-refractivity contribution >= 4 is 5.84 Å². The van der Waals surface area contributed by atoms with Crippen LogP contribution in [0.2, 0.25) is 0 Å². The molecule has 1 aromatic rings. The van der Waals surface area contributed by atoms with Crippen LogP contribution in [0.25, 0.3) is 0 Å². The molecule has 1 rings (SSSR count). The second-order valence-corrected chi connectivity index (χ2v) is 4.03. The first-order chi connectivity index (χ1) is 8.65. The van der Waals surface area contributed by atoms with Gasteiger partial charge in [0.25, 0.3) is 0 Å². The molecule has 0 fully saturated rings. The largest absolute Gasteiger partial charge is 0.475 e. The van der Waals surface area contributed by atoms with Crippen molar-refractivity contribution in [2.75, 3.05) is 19.8 Å². The average Bonchev–Trinajstić information content (AvgIpc) is 2.33. The molecule has 0 aliphatic rings. The number of hydrogen-bond acceptors (Lipinski definition) is 4. The molecule has 100 valence electrons. The van der Waals surface area contributed by atoms with Gasteiger partial charge in [0, 0.05) is 12.3 Å². The molecule has 1 heterocycles. The lowest BCUT2D eigenvalue weighted by atomic mass is 10.2. The molecular weight excluding hydrogens is 230 g/mol. The second kappa shape index (κ2) is 7.66. The number of nitrogens with one attached hydrogen (secondary N) is 1. The lowest BCUT2D eigenvalue weighted by molar-refractivity contribution is 0.0964. The van der Waals surface area contributed by atoms with Crippen molar-refractivity contribution in [3.63, 3.8) is 0 Å². The van der Waals surface area contributed by atoms with Crippen LogP contribution in [0.5, 0.6) is 5.88 Å². The van der Waals surface area contributed by atoms with Crippen LogP contribution in [0.1, 0.15) is 31.0 Å². The minimum absolute atomic E-state index is 0.0376. The lowest BCUT2D eigenvalue weighted by Crippen LogP contribution is -2.16. The SMILES string of the molecule is CCCCOCCOc1nc(C)ccc1C(=N)N. The number of nitrogens with zero attached hydrogens (tertiary/aromatic N) is 1. The van der Waals surface area contributed by atoms with E-state index < -0.39 is 0 Å². The molecule has 0 aromatic carbocycles. The molecule has 0 aliphatic carbocycles. The summed E-state index contributed by atoms with van der Waals surface area (Å²) >= 11 is 0. The van der Waals surface area contributed by atoms with E-state index in [0.717, 1.165) is 25.1 Å². The van der Waals surface area contributed by atoms with Crippen molar-refractivity contribution in [1.29, 1.82) is 5.41 Å². The number of aromatic nitrogens is 1. The van der Waals surface area contributed by atoms with Gasteiger partial charge in [-0.2, -0.15) is 0 Å². The van der Waals surface area contributed by atoms with Crippen molar-refractivity contribution in [2.45, 2.75) is 26.7 Å². The van der Waals surface area contributed by atoms with Gasteiger partial charge in [-0.25, -0.2) is 4.98 Å². The Morgan fingerprint density at radius 2 is 2.11 bits per heavy atom. The number of ether oxygens (including phenoxy) is 2. The number of nitrogens with two attached hydrogens (primary N) is 1. The van der Waals surface area contributed by atoms with E-state index in [2.05, 4.69) is 11.9 Å². The fraction of sp³-hybridized carbons (Fsp3) is 0.538. The highest BCUT2D eigenvalue weighted by Crippen LogP contribution is 2.15. The quantitative estimate of drug-likeness (QED) is 0.420. The summed E-state index contributed by atoms with van der Waals surface area (Å²) in [6.45, 7) is 5.68. The third kappa shape index (κ3) is 4.71. The van der Waals surface area contributed by atoms with Gasteiger partial charge in [-0.1, -0.05) is 13.3 Å². The van der Waals surface area contributed by atoms with Gasteiger partial charge in [0.15, 0.2) is 0 Å². The van der Waals surface area contributed by atoms with Crippen LogP contribution < -0.4 is 10.5 Å². The summed E-state index contributed by atoms with van der Waals surface area (Å²) in [7, 11) is 0. The molecule has 0 spiro atoms. The summed E-state index contributed by atoms with van der Waals surface area (Å²) in [5, 5.41) is 7.44. The molecule has 0 radical (unpaired) electrons. The van der Waals surface area contributed by atoms with Crippen molar-refractivity contribution in [2.24, 2.45) is 5.73 Å². The zero-order chi connectivity index (χ0) is 13.4. The molecule has 5 nitrogen and oxygen atoms in total. The Labute approximate surface area is 108 Å². The first-order valence-electron chi connectivity index (χ1n) is 6.17. The van der Waals surface area contributed by atoms with Crippen molar-refractivity contribution < 1.29 is 9.47 Å². The first-order valence-corrected chi connectivity index (χ1v) is 6.17. The van der Waals surface area contributed by atoms with E-state index in [0.29, 0.717) is 24.7 Å². The Morgan fingerprint density at radius 3 is 2.78 bits per heavy atom. The van der Waals surface area contributed by atoms with Crippen LogP contribution in [0.4, 0.5) is 0 Å². The zero-order valence-electron chi connectivity index (χ0n) is 11.0. The summed E-state index contributed by atoms with van der Waals surface area (Å²) in [6, 6.07) is 3.55. The van der Waals surface area contributed by atoms with E-state index in [4.69, 9.17) is 20.6 Å². The second-order valence-electron chi connectivity index (χ2n) is 4.03. The maximum atomic E-state index is 7.44. The minimum Gasteiger partial charge on any atom is -0.475 e. The Balaban J connectivity index is 2.45. The highest BCUT2D eigenvalue weighted by atomic mass is 16.5. The molecule has 1 aromatic heterocycles. The van der Waals surface area contributed by atoms with Crippen molar-refractivity contribution in [3.8, 4) is 5.88 Å². The van der Waals surface area contributed by atoms with E-state index in [1.165, 1.54) is 0 Å². The molecule has 0 unspecified atom stereocenters. The molecule has 0 saturated carbocycles. The fourth-order valence-electron chi connectivity index (χ4n) is 1.39. The maximum Gasteiger partial charge on any atom is 0.224 e. The third-order valence-corrected chi connectivity index (χ3v) is 2.40. The number of nitrogen functional groups attached to an aromatic ring is 1. The number of unbranched alkanes of at least 4 members (excludes halogenated alkanes) is 1. The van der Waals surface area contributed by atoms with Crippen LogP contribution >= 0.6 is 0 Å². The van der Waals surface area contributed by atoms with Crippen LogP contribution in [0.3, 0.4) is 0 Å². The van der Waals surface area contributed by atoms with E-state index in [-0.39, 0.29) is 5.84 Å². The van der Waals surface area contributed by atoms with Gasteiger partial charge in [0.1, 0.15) is 12.4 Å². The standard InChI is InChI=1S/C13H21N3O2/c1-3-4-7-17-8-9-18-13-11(12(14)15)6-5-10(2)16-13/h5-6H,3-4,7-9H2,1-2H3,(H3,14,15). The Bertz CT molecular complexity index is 394. The van der Waals surface area contributed by atoms with Gasteiger partial charge in [0.2, 0.25) is 5.88 Å². The zero-order valence-corrected chi connectivity index (χ0v) is 11.0. The molecule has 5 heteroatoms. The van der Waals surface area contributed by atoms with Crippen LogP contribution in [0.15, 0.2) is 12.1 Å². The van der Waals surface area contributed by atoms with E-state index in [1.807, 2.05) is 6.92 Å². The Morgan fingerprint density at radius 1 is 1.33 bits per heavy atom. The highest BCUT2D eigenvalue weighted by Gasteiger charge is 2.08. The molecule has 3 N–H and O–H groups in total. The predicted molar refractivity (Wildman–Crippen MR) is 71.2 cm³/mol. The highest BCUT2D eigenvalue weighted by molar-refractivity contribution is 5.97. The van der Waals surface area contributed by atoms with E-state index in [1.54, 1.807) is 12.1 Å². The number of amidine groups is 1. The topological polar surface area (TPSA) is 81.2 Å². The molecule has 0 saturated heterocycles. The normalized spacial score (nSPS) is 10.3. The monoisotopic (exact) mass is 251 g/mol. The maximum absolute atomic E-state index is 7.44. The number of pyridine rings is 1. The smallest absolute Gasteiger partial charge is 0.224 e. The van der Waals surface area contributed by atoms with Gasteiger partial charge in [-0.3, -0.25) is 5.41 Å². The molecule has 0 aliphatic heterocycles. The van der Waals surface area contributed by atoms with Crippen molar-refractivity contribution in [3.05, 3.63) is 23.4 Å². The molecule has 18 heavy (non-hydrogen) atoms. The van der Waals surface area contributed by atoms with Gasteiger partial charge < -0.3 is 15.2 Å². The first kappa shape index (κ1) is 14.4. The van der Waals surface area contributed by atoms with E-state index >= 15 is 0 Å². The molecular formula is C13H21N3O2. The number of aryl methyl sites for hydroxylation is 1. The molecule has 0 amide bonds. The summed E-state index contributed by atoms with van der Waals surface area (Å²) in [5.74, 6) is 0.367. The summed E-state index contributed by atoms with van der Waals surface area (Å²) in [4.78, 5) is 4.23. The van der Waals surface area contributed by atoms with Crippen molar-refractivity contribution in [1.82, 2.24) is 4.98 Å².